The van der Waals surface area contributed by atoms with Gasteiger partial charge in [0.15, 0.2) is 11.0 Å². The van der Waals surface area contributed by atoms with Gasteiger partial charge in [-0.25, -0.2) is 0 Å². The molecule has 0 aliphatic rings. The maximum absolute atomic E-state index is 12.2. The predicted octanol–water partition coefficient (Wildman–Crippen LogP) is 4.01. The van der Waals surface area contributed by atoms with Gasteiger partial charge < -0.3 is 5.32 Å². The van der Waals surface area contributed by atoms with Crippen molar-refractivity contribution in [2.45, 2.75) is 18.3 Å². The summed E-state index contributed by atoms with van der Waals surface area (Å²) in [5.74, 6) is -0.334. The van der Waals surface area contributed by atoms with Crippen LogP contribution in [0.25, 0.3) is 17.1 Å². The Kier molecular flexibility index (Phi) is 6.03. The number of alkyl halides is 3. The Balaban J connectivity index is 1.86. The van der Waals surface area contributed by atoms with Crippen molar-refractivity contribution in [1.29, 1.82) is 0 Å². The molecule has 1 amide bonds. The highest BCUT2D eigenvalue weighted by atomic mass is 32.2. The molecule has 28 heavy (non-hydrogen) atoms. The number of thioether (sulfide) groups is 1. The van der Waals surface area contributed by atoms with Crippen LogP contribution in [0.3, 0.4) is 0 Å². The molecule has 0 saturated carbocycles. The summed E-state index contributed by atoms with van der Waals surface area (Å²) in [5, 5.41) is 10.7. The van der Waals surface area contributed by atoms with Crippen LogP contribution in [0.5, 0.6) is 0 Å². The smallest absolute Gasteiger partial charge is 0.346 e. The van der Waals surface area contributed by atoms with Crippen molar-refractivity contribution >= 4 is 17.7 Å². The van der Waals surface area contributed by atoms with Crippen LogP contribution in [0, 0.1) is 6.92 Å². The van der Waals surface area contributed by atoms with Crippen LogP contribution < -0.4 is 5.32 Å². The molecule has 0 radical (unpaired) electrons. The van der Waals surface area contributed by atoms with Gasteiger partial charge in [0.05, 0.1) is 5.75 Å². The molecule has 146 valence electrons. The van der Waals surface area contributed by atoms with Crippen LogP contribution in [0.2, 0.25) is 0 Å². The zero-order valence-corrected chi connectivity index (χ0v) is 15.7. The number of aryl methyl sites for hydroxylation is 1. The number of hydrogen-bond donors (Lipinski definition) is 1. The molecule has 0 fully saturated rings. The van der Waals surface area contributed by atoms with E-state index in [1.54, 1.807) is 4.57 Å². The van der Waals surface area contributed by atoms with E-state index in [9.17, 15) is 18.0 Å². The monoisotopic (exact) mass is 406 g/mol. The fourth-order valence-electron chi connectivity index (χ4n) is 2.44. The molecule has 5 nitrogen and oxygen atoms in total. The van der Waals surface area contributed by atoms with Gasteiger partial charge in [0.25, 0.3) is 0 Å². The van der Waals surface area contributed by atoms with Gasteiger partial charge in [-0.05, 0) is 19.1 Å². The van der Waals surface area contributed by atoms with Crippen LogP contribution in [0.4, 0.5) is 13.2 Å². The van der Waals surface area contributed by atoms with Crippen LogP contribution in [0.15, 0.2) is 59.8 Å². The molecule has 0 saturated heterocycles. The highest BCUT2D eigenvalue weighted by Crippen LogP contribution is 2.28. The summed E-state index contributed by atoms with van der Waals surface area (Å²) in [6.07, 6.45) is -4.44. The van der Waals surface area contributed by atoms with Crippen LogP contribution in [-0.2, 0) is 4.79 Å². The number of rotatable bonds is 6. The van der Waals surface area contributed by atoms with Gasteiger partial charge in [0.1, 0.15) is 6.54 Å². The molecule has 3 rings (SSSR count). The zero-order valence-electron chi connectivity index (χ0n) is 14.9. The number of carbonyl (C=O) groups excluding carboxylic acids is 1. The molecule has 1 N–H and O–H groups in total. The Morgan fingerprint density at radius 1 is 1.07 bits per heavy atom. The fourth-order valence-corrected chi connectivity index (χ4v) is 3.23. The van der Waals surface area contributed by atoms with Crippen LogP contribution in [-0.4, -0.2) is 39.1 Å². The molecule has 0 aliphatic heterocycles. The lowest BCUT2D eigenvalue weighted by Crippen LogP contribution is -2.34. The summed E-state index contributed by atoms with van der Waals surface area (Å²) < 4.78 is 38.5. The minimum atomic E-state index is -4.44. The average molecular weight is 406 g/mol. The third-order valence-corrected chi connectivity index (χ3v) is 4.70. The van der Waals surface area contributed by atoms with Gasteiger partial charge in [0.2, 0.25) is 5.91 Å². The number of nitrogens with zero attached hydrogens (tertiary/aromatic N) is 3. The molecule has 3 aromatic rings. The first kappa shape index (κ1) is 19.9. The van der Waals surface area contributed by atoms with Crippen molar-refractivity contribution in [2.24, 2.45) is 0 Å². The number of aromatic nitrogens is 3. The van der Waals surface area contributed by atoms with E-state index in [1.165, 1.54) is 0 Å². The second kappa shape index (κ2) is 8.47. The van der Waals surface area contributed by atoms with Gasteiger partial charge >= 0.3 is 6.18 Å². The molecule has 1 aromatic heterocycles. The van der Waals surface area contributed by atoms with E-state index in [1.807, 2.05) is 66.8 Å². The molecule has 1 heterocycles. The molecule has 0 aliphatic carbocycles. The minimum Gasteiger partial charge on any atom is -0.346 e. The van der Waals surface area contributed by atoms with E-state index in [-0.39, 0.29) is 5.75 Å². The van der Waals surface area contributed by atoms with Gasteiger partial charge in [-0.1, -0.05) is 59.8 Å². The second-order valence-corrected chi connectivity index (χ2v) is 6.97. The molecule has 2 aromatic carbocycles. The predicted molar refractivity (Wildman–Crippen MR) is 101 cm³/mol. The summed E-state index contributed by atoms with van der Waals surface area (Å²) in [4.78, 5) is 11.7. The first-order valence-electron chi connectivity index (χ1n) is 8.37. The lowest BCUT2D eigenvalue weighted by atomic mass is 10.2. The summed E-state index contributed by atoms with van der Waals surface area (Å²) in [6.45, 7) is 0.612. The van der Waals surface area contributed by atoms with Crippen molar-refractivity contribution in [3.8, 4) is 17.1 Å². The van der Waals surface area contributed by atoms with Crippen molar-refractivity contribution in [3.05, 3.63) is 60.2 Å². The molecule has 9 heteroatoms. The normalized spacial score (nSPS) is 11.4. The van der Waals surface area contributed by atoms with E-state index < -0.39 is 18.6 Å². The van der Waals surface area contributed by atoms with Crippen molar-refractivity contribution in [2.75, 3.05) is 12.3 Å². The maximum Gasteiger partial charge on any atom is 0.405 e. The molecular weight excluding hydrogens is 389 g/mol. The standard InChI is InChI=1S/C19H17F3N4OS/c1-13-7-9-15(10-8-13)26-17(14-5-3-2-4-6-14)24-25-18(26)28-11-16(27)23-12-19(20,21)22/h2-10H,11-12H2,1H3,(H,23,27). The molecule has 0 bridgehead atoms. The SMILES string of the molecule is Cc1ccc(-n2c(SCC(=O)NCC(F)(F)F)nnc2-c2ccccc2)cc1. The molecule has 0 atom stereocenters. The number of hydrogen-bond acceptors (Lipinski definition) is 4. The van der Waals surface area contributed by atoms with Crippen molar-refractivity contribution in [1.82, 2.24) is 20.1 Å². The van der Waals surface area contributed by atoms with E-state index in [4.69, 9.17) is 0 Å². The number of nitrogens with one attached hydrogen (secondary N) is 1. The van der Waals surface area contributed by atoms with Gasteiger partial charge in [-0.2, -0.15) is 13.2 Å². The lowest BCUT2D eigenvalue weighted by Gasteiger charge is -2.11. The fraction of sp³-hybridized carbons (Fsp3) is 0.211. The Morgan fingerprint density at radius 2 is 1.75 bits per heavy atom. The third kappa shape index (κ3) is 5.13. The highest BCUT2D eigenvalue weighted by Gasteiger charge is 2.27. The van der Waals surface area contributed by atoms with Crippen molar-refractivity contribution in [3.63, 3.8) is 0 Å². The Hall–Kier alpha value is -2.81. The molecule has 0 unspecified atom stereocenters. The zero-order chi connectivity index (χ0) is 20.1. The van der Waals surface area contributed by atoms with Gasteiger partial charge in [0, 0.05) is 11.3 Å². The quantitative estimate of drug-likeness (QED) is 0.629. The van der Waals surface area contributed by atoms with Crippen molar-refractivity contribution < 1.29 is 18.0 Å². The molecule has 0 spiro atoms. The van der Waals surface area contributed by atoms with Gasteiger partial charge in [-0.3, -0.25) is 9.36 Å². The molecular formula is C19H17F3N4OS. The summed E-state index contributed by atoms with van der Waals surface area (Å²) in [7, 11) is 0. The topological polar surface area (TPSA) is 59.8 Å². The Bertz CT molecular complexity index is 940. The number of carbonyl (C=O) groups is 1. The highest BCUT2D eigenvalue weighted by molar-refractivity contribution is 7.99. The first-order valence-corrected chi connectivity index (χ1v) is 9.36. The van der Waals surface area contributed by atoms with E-state index in [0.29, 0.717) is 11.0 Å². The Labute approximate surface area is 164 Å². The van der Waals surface area contributed by atoms with E-state index in [0.717, 1.165) is 28.6 Å². The largest absolute Gasteiger partial charge is 0.405 e. The lowest BCUT2D eigenvalue weighted by molar-refractivity contribution is -0.136. The summed E-state index contributed by atoms with van der Waals surface area (Å²) >= 11 is 1.03. The number of benzene rings is 2. The van der Waals surface area contributed by atoms with Gasteiger partial charge in [-0.15, -0.1) is 10.2 Å². The van der Waals surface area contributed by atoms with Crippen LogP contribution in [0.1, 0.15) is 5.56 Å². The Morgan fingerprint density at radius 3 is 2.39 bits per heavy atom. The van der Waals surface area contributed by atoms with E-state index in [2.05, 4.69) is 10.2 Å². The maximum atomic E-state index is 12.2. The summed E-state index contributed by atoms with van der Waals surface area (Å²) in [6, 6.07) is 17.1. The minimum absolute atomic E-state index is 0.200. The third-order valence-electron chi connectivity index (χ3n) is 3.78. The first-order chi connectivity index (χ1) is 13.3. The van der Waals surface area contributed by atoms with Crippen LogP contribution >= 0.6 is 11.8 Å². The summed E-state index contributed by atoms with van der Waals surface area (Å²) in [5.41, 5.74) is 2.72. The number of halogens is 3. The average Bonchev–Trinajstić information content (AvgIpc) is 3.09. The van der Waals surface area contributed by atoms with E-state index >= 15 is 0 Å². The second-order valence-electron chi connectivity index (χ2n) is 6.02. The number of amides is 1.